The molecule has 1 heterocycles. The van der Waals surface area contributed by atoms with Crippen LogP contribution in [-0.2, 0) is 11.2 Å². The molecule has 0 spiro atoms. The molecule has 1 aliphatic carbocycles. The van der Waals surface area contributed by atoms with Crippen LogP contribution in [0.4, 0.5) is 0 Å². The monoisotopic (exact) mass is 374 g/mol. The van der Waals surface area contributed by atoms with Gasteiger partial charge in [-0.3, -0.25) is 0 Å². The van der Waals surface area contributed by atoms with Crippen LogP contribution in [-0.4, -0.2) is 17.6 Å². The van der Waals surface area contributed by atoms with Crippen molar-refractivity contribution >= 4 is 40.1 Å². The van der Waals surface area contributed by atoms with Crippen LogP contribution in [0.2, 0.25) is 5.02 Å². The number of esters is 1. The highest BCUT2D eigenvalue weighted by Crippen LogP contribution is 2.37. The van der Waals surface area contributed by atoms with Crippen molar-refractivity contribution in [1.29, 1.82) is 5.26 Å². The summed E-state index contributed by atoms with van der Waals surface area (Å²) in [6.45, 7) is -0.266. The fourth-order valence-electron chi connectivity index (χ4n) is 3.44. The van der Waals surface area contributed by atoms with Crippen molar-refractivity contribution < 1.29 is 9.53 Å². The molecular formula is C22H15ClN2O2. The maximum Gasteiger partial charge on any atom is 0.340 e. The third-order valence-corrected chi connectivity index (χ3v) is 4.88. The third kappa shape index (κ3) is 3.30. The molecule has 4 nitrogen and oxygen atoms in total. The molecule has 1 aliphatic rings. The summed E-state index contributed by atoms with van der Waals surface area (Å²) in [5.74, 6) is -0.473. The number of halogens is 1. The van der Waals surface area contributed by atoms with Gasteiger partial charge >= 0.3 is 5.97 Å². The first kappa shape index (κ1) is 17.3. The Morgan fingerprint density at radius 3 is 2.74 bits per heavy atom. The van der Waals surface area contributed by atoms with Crippen molar-refractivity contribution in [2.24, 2.45) is 0 Å². The summed E-state index contributed by atoms with van der Waals surface area (Å²) in [6, 6.07) is 17.0. The Morgan fingerprint density at radius 2 is 1.96 bits per heavy atom. The van der Waals surface area contributed by atoms with E-state index in [9.17, 15) is 4.79 Å². The predicted molar refractivity (Wildman–Crippen MR) is 105 cm³/mol. The Balaban J connectivity index is 1.86. The van der Waals surface area contributed by atoms with Crippen LogP contribution in [0.1, 0.15) is 33.6 Å². The van der Waals surface area contributed by atoms with E-state index in [0.29, 0.717) is 17.0 Å². The van der Waals surface area contributed by atoms with Gasteiger partial charge < -0.3 is 4.74 Å². The number of aromatic nitrogens is 1. The Morgan fingerprint density at radius 1 is 1.19 bits per heavy atom. The summed E-state index contributed by atoms with van der Waals surface area (Å²) < 4.78 is 5.12. The van der Waals surface area contributed by atoms with Gasteiger partial charge in [0.25, 0.3) is 0 Å². The SMILES string of the molecule is N#CCOC(=O)c1c2c(nc3ccccc13)C(=Cc1ccc(Cl)cc1)CC2. The van der Waals surface area contributed by atoms with Crippen LogP contribution in [0.3, 0.4) is 0 Å². The van der Waals surface area contributed by atoms with Crippen LogP contribution in [0.15, 0.2) is 48.5 Å². The lowest BCUT2D eigenvalue weighted by atomic mass is 10.0. The molecule has 3 aromatic rings. The number of rotatable bonds is 3. The minimum atomic E-state index is -0.473. The van der Waals surface area contributed by atoms with E-state index in [2.05, 4.69) is 6.08 Å². The summed E-state index contributed by atoms with van der Waals surface area (Å²) in [5, 5.41) is 10.2. The number of carbonyl (C=O) groups is 1. The number of ether oxygens (including phenoxy) is 1. The van der Waals surface area contributed by atoms with Gasteiger partial charge in [-0.05, 0) is 53.8 Å². The van der Waals surface area contributed by atoms with Gasteiger partial charge in [0.2, 0.25) is 0 Å². The highest BCUT2D eigenvalue weighted by atomic mass is 35.5. The second-order valence-electron chi connectivity index (χ2n) is 6.29. The fourth-order valence-corrected chi connectivity index (χ4v) is 3.57. The molecule has 1 aromatic heterocycles. The Bertz CT molecular complexity index is 1110. The van der Waals surface area contributed by atoms with Crippen molar-refractivity contribution in [3.8, 4) is 6.07 Å². The molecule has 0 aliphatic heterocycles. The molecule has 27 heavy (non-hydrogen) atoms. The number of nitrogens with zero attached hydrogens (tertiary/aromatic N) is 2. The van der Waals surface area contributed by atoms with Gasteiger partial charge in [-0.1, -0.05) is 41.9 Å². The van der Waals surface area contributed by atoms with Crippen molar-refractivity contribution in [1.82, 2.24) is 4.98 Å². The van der Waals surface area contributed by atoms with Gasteiger partial charge in [-0.2, -0.15) is 5.26 Å². The summed E-state index contributed by atoms with van der Waals surface area (Å²) in [4.78, 5) is 17.5. The topological polar surface area (TPSA) is 63.0 Å². The van der Waals surface area contributed by atoms with E-state index in [1.807, 2.05) is 54.6 Å². The fraction of sp³-hybridized carbons (Fsp3) is 0.136. The van der Waals surface area contributed by atoms with Crippen LogP contribution in [0.5, 0.6) is 0 Å². The zero-order valence-corrected chi connectivity index (χ0v) is 15.2. The summed E-state index contributed by atoms with van der Waals surface area (Å²) in [7, 11) is 0. The number of pyridine rings is 1. The normalized spacial score (nSPS) is 14.1. The lowest BCUT2D eigenvalue weighted by molar-refractivity contribution is 0.0556. The number of fused-ring (bicyclic) bond motifs is 2. The maximum absolute atomic E-state index is 12.6. The van der Waals surface area contributed by atoms with Gasteiger partial charge in [0.1, 0.15) is 6.07 Å². The van der Waals surface area contributed by atoms with E-state index in [-0.39, 0.29) is 6.61 Å². The lowest BCUT2D eigenvalue weighted by Gasteiger charge is -2.11. The largest absolute Gasteiger partial charge is 0.447 e. The number of para-hydroxylation sites is 1. The molecule has 0 saturated heterocycles. The number of allylic oxidation sites excluding steroid dienone is 1. The zero-order chi connectivity index (χ0) is 18.8. The minimum Gasteiger partial charge on any atom is -0.447 e. The van der Waals surface area contributed by atoms with E-state index in [1.54, 1.807) is 0 Å². The average molecular weight is 375 g/mol. The molecule has 0 saturated carbocycles. The predicted octanol–water partition coefficient (Wildman–Crippen LogP) is 5.06. The van der Waals surface area contributed by atoms with Crippen LogP contribution < -0.4 is 0 Å². The van der Waals surface area contributed by atoms with Crippen LogP contribution >= 0.6 is 11.6 Å². The quantitative estimate of drug-likeness (QED) is 0.601. The van der Waals surface area contributed by atoms with Crippen LogP contribution in [0.25, 0.3) is 22.6 Å². The molecule has 5 heteroatoms. The van der Waals surface area contributed by atoms with E-state index < -0.39 is 5.97 Å². The number of benzene rings is 2. The Labute approximate surface area is 161 Å². The highest BCUT2D eigenvalue weighted by molar-refractivity contribution is 6.30. The second-order valence-corrected chi connectivity index (χ2v) is 6.72. The molecule has 2 aromatic carbocycles. The van der Waals surface area contributed by atoms with Crippen molar-refractivity contribution in [3.63, 3.8) is 0 Å². The van der Waals surface area contributed by atoms with E-state index in [4.69, 9.17) is 26.6 Å². The van der Waals surface area contributed by atoms with Crippen molar-refractivity contribution in [2.45, 2.75) is 12.8 Å². The van der Waals surface area contributed by atoms with Gasteiger partial charge in [0, 0.05) is 10.4 Å². The molecule has 0 fully saturated rings. The molecule has 0 atom stereocenters. The Kier molecular flexibility index (Phi) is 4.62. The van der Waals surface area contributed by atoms with Gasteiger partial charge in [0.05, 0.1) is 16.8 Å². The smallest absolute Gasteiger partial charge is 0.340 e. The average Bonchev–Trinajstić information content (AvgIpc) is 3.08. The minimum absolute atomic E-state index is 0.266. The Hall–Kier alpha value is -3.16. The molecule has 0 N–H and O–H groups in total. The van der Waals surface area contributed by atoms with Gasteiger partial charge in [-0.15, -0.1) is 0 Å². The van der Waals surface area contributed by atoms with E-state index in [0.717, 1.165) is 39.7 Å². The molecule has 0 unspecified atom stereocenters. The van der Waals surface area contributed by atoms with Gasteiger partial charge in [0.15, 0.2) is 6.61 Å². The van der Waals surface area contributed by atoms with Crippen LogP contribution in [0, 0.1) is 11.3 Å². The maximum atomic E-state index is 12.6. The first-order chi connectivity index (χ1) is 13.2. The third-order valence-electron chi connectivity index (χ3n) is 4.62. The molecule has 4 rings (SSSR count). The van der Waals surface area contributed by atoms with E-state index >= 15 is 0 Å². The lowest BCUT2D eigenvalue weighted by Crippen LogP contribution is -2.10. The molecular weight excluding hydrogens is 360 g/mol. The first-order valence-corrected chi connectivity index (χ1v) is 8.97. The first-order valence-electron chi connectivity index (χ1n) is 8.59. The van der Waals surface area contributed by atoms with Gasteiger partial charge in [-0.25, -0.2) is 9.78 Å². The summed E-state index contributed by atoms with van der Waals surface area (Å²) in [5.41, 5.74) is 5.08. The number of hydrogen-bond acceptors (Lipinski definition) is 4. The van der Waals surface area contributed by atoms with Crippen molar-refractivity contribution in [2.75, 3.05) is 6.61 Å². The number of carbonyl (C=O) groups excluding carboxylic acids is 1. The standard InChI is InChI=1S/C22H15ClN2O2/c23-16-8-5-14(6-9-16)13-15-7-10-18-20(22(26)27-12-11-24)17-3-1-2-4-19(17)25-21(15)18/h1-6,8-9,13H,7,10,12H2. The molecule has 0 amide bonds. The summed E-state index contributed by atoms with van der Waals surface area (Å²) in [6.07, 6.45) is 3.58. The molecule has 0 bridgehead atoms. The second kappa shape index (κ2) is 7.22. The van der Waals surface area contributed by atoms with Crippen molar-refractivity contribution in [3.05, 3.63) is 75.9 Å². The highest BCUT2D eigenvalue weighted by Gasteiger charge is 2.27. The number of hydrogen-bond donors (Lipinski definition) is 0. The zero-order valence-electron chi connectivity index (χ0n) is 14.4. The number of nitriles is 1. The molecule has 0 radical (unpaired) electrons. The van der Waals surface area contributed by atoms with E-state index in [1.165, 1.54) is 0 Å². The molecule has 132 valence electrons. The summed E-state index contributed by atoms with van der Waals surface area (Å²) >= 11 is 5.96.